The van der Waals surface area contributed by atoms with Crippen molar-refractivity contribution in [1.29, 1.82) is 0 Å². The molecule has 2 N–H and O–H groups in total. The monoisotopic (exact) mass is 435 g/mol. The number of piperidine rings is 1. The van der Waals surface area contributed by atoms with Gasteiger partial charge in [-0.15, -0.1) is 10.2 Å². The first-order valence-electron chi connectivity index (χ1n) is 12.3. The van der Waals surface area contributed by atoms with Crippen LogP contribution >= 0.6 is 11.3 Å². The lowest BCUT2D eigenvalue weighted by Crippen LogP contribution is -2.54. The lowest BCUT2D eigenvalue weighted by atomic mass is 10.0. The molecule has 0 spiro atoms. The maximum atomic E-state index is 14.9. The van der Waals surface area contributed by atoms with E-state index in [9.17, 15) is 9.18 Å². The van der Waals surface area contributed by atoms with Gasteiger partial charge in [-0.05, 0) is 19.4 Å². The minimum atomic E-state index is -2.83. The number of anilines is 1. The molecule has 1 saturated heterocycles. The minimum absolute atomic E-state index is 0.0404. The lowest BCUT2D eigenvalue weighted by Gasteiger charge is -2.35. The largest absolute Gasteiger partial charge is 0.324 e. The summed E-state index contributed by atoms with van der Waals surface area (Å²) in [6.45, 7) is -4.05. The number of hydrogen-bond acceptors (Lipinski definition) is 7. The van der Waals surface area contributed by atoms with Crippen LogP contribution in [0, 0.1) is 6.92 Å². The summed E-state index contributed by atoms with van der Waals surface area (Å²) in [6.07, 6.45) is -0.0575. The van der Waals surface area contributed by atoms with Gasteiger partial charge < -0.3 is 10.2 Å². The number of aryl methyl sites for hydroxylation is 1. The van der Waals surface area contributed by atoms with Gasteiger partial charge in [-0.2, -0.15) is 0 Å². The number of alkyl halides is 1. The van der Waals surface area contributed by atoms with Crippen LogP contribution in [0.15, 0.2) is 24.4 Å². The summed E-state index contributed by atoms with van der Waals surface area (Å²) in [7, 11) is 0. The van der Waals surface area contributed by atoms with Crippen molar-refractivity contribution in [3.63, 3.8) is 0 Å². The summed E-state index contributed by atoms with van der Waals surface area (Å²) in [5, 5.41) is 15.5. The van der Waals surface area contributed by atoms with E-state index in [2.05, 4.69) is 30.8 Å². The average Bonchev–Trinajstić information content (AvgIpc) is 3.22. The number of urea groups is 1. The van der Waals surface area contributed by atoms with Gasteiger partial charge in [0.15, 0.2) is 0 Å². The number of nitrogens with zero attached hydrogens (tertiary/aromatic N) is 5. The van der Waals surface area contributed by atoms with Crippen LogP contribution in [0.3, 0.4) is 0 Å². The van der Waals surface area contributed by atoms with E-state index in [0.717, 1.165) is 21.0 Å². The standard InChI is InChI=1S/C20H24FN7OS/c1-11(2)23-16-6-7-28(10-15(16)21)20(29)25-19-22-9-14-5-4-13(8-17(14)24-19)18-27-26-12(3)30-18/h4-5,8-9,11,15-16,23H,6-7,10H2,1-3H3,(H,22,24,25,29)/t15-,16-/m0/s1/i1D3,2D3. The second-order valence-corrected chi connectivity index (χ2v) is 8.16. The molecule has 0 saturated carbocycles. The van der Waals surface area contributed by atoms with E-state index >= 15 is 0 Å². The fourth-order valence-electron chi connectivity index (χ4n) is 3.30. The quantitative estimate of drug-likeness (QED) is 0.652. The third-order valence-corrected chi connectivity index (χ3v) is 5.67. The van der Waals surface area contributed by atoms with Crippen LogP contribution in [0.1, 0.15) is 33.4 Å². The molecule has 2 atom stereocenters. The number of carbonyl (C=O) groups is 1. The molecule has 0 aliphatic carbocycles. The number of carbonyl (C=O) groups excluding carboxylic acids is 1. The number of likely N-dealkylation sites (tertiary alicyclic amines) is 1. The number of benzene rings is 1. The fraction of sp³-hybridized carbons (Fsp3) is 0.450. The number of fused-ring (bicyclic) bond motifs is 1. The molecule has 1 aromatic carbocycles. The van der Waals surface area contributed by atoms with Crippen LogP contribution in [0.25, 0.3) is 21.5 Å². The van der Waals surface area contributed by atoms with Gasteiger partial charge in [0.05, 0.1) is 12.1 Å². The highest BCUT2D eigenvalue weighted by Gasteiger charge is 2.31. The Morgan fingerprint density at radius 1 is 1.40 bits per heavy atom. The van der Waals surface area contributed by atoms with Crippen molar-refractivity contribution in [1.82, 2.24) is 30.4 Å². The maximum Gasteiger partial charge on any atom is 0.324 e. The van der Waals surface area contributed by atoms with Crippen molar-refractivity contribution in [3.05, 3.63) is 29.4 Å². The minimum Gasteiger partial charge on any atom is -0.321 e. The summed E-state index contributed by atoms with van der Waals surface area (Å²) in [4.78, 5) is 22.5. The molecule has 0 unspecified atom stereocenters. The second-order valence-electron chi connectivity index (χ2n) is 6.98. The van der Waals surface area contributed by atoms with Crippen LogP contribution in [0.4, 0.5) is 15.1 Å². The Labute approximate surface area is 186 Å². The first-order valence-corrected chi connectivity index (χ1v) is 10.2. The molecule has 158 valence electrons. The Balaban J connectivity index is 1.41. The van der Waals surface area contributed by atoms with Gasteiger partial charge in [0, 0.05) is 44.0 Å². The zero-order valence-corrected chi connectivity index (χ0v) is 16.9. The summed E-state index contributed by atoms with van der Waals surface area (Å²) in [5.41, 5.74) is 1.41. The Morgan fingerprint density at radius 3 is 3.00 bits per heavy atom. The summed E-state index contributed by atoms with van der Waals surface area (Å²) < 4.78 is 59.7. The molecule has 1 aliphatic rings. The average molecular weight is 436 g/mol. The first kappa shape index (κ1) is 14.3. The van der Waals surface area contributed by atoms with Gasteiger partial charge in [-0.25, -0.2) is 19.2 Å². The van der Waals surface area contributed by atoms with Gasteiger partial charge in [0.25, 0.3) is 0 Å². The first-order chi connectivity index (χ1) is 16.8. The van der Waals surface area contributed by atoms with Gasteiger partial charge >= 0.3 is 6.03 Å². The zero-order chi connectivity index (χ0) is 26.3. The summed E-state index contributed by atoms with van der Waals surface area (Å²) in [5.74, 6) is 0.0404. The van der Waals surface area contributed by atoms with E-state index in [-0.39, 0.29) is 25.5 Å². The lowest BCUT2D eigenvalue weighted by molar-refractivity contribution is 0.119. The normalized spacial score (nSPS) is 23.2. The third kappa shape index (κ3) is 4.54. The molecule has 2 amide bonds. The number of rotatable bonds is 4. The van der Waals surface area contributed by atoms with Crippen LogP contribution in [-0.2, 0) is 0 Å². The predicted octanol–water partition coefficient (Wildman–Crippen LogP) is 3.40. The second kappa shape index (κ2) is 8.57. The molecule has 1 aliphatic heterocycles. The zero-order valence-electron chi connectivity index (χ0n) is 22.1. The van der Waals surface area contributed by atoms with Crippen molar-refractivity contribution in [2.45, 2.75) is 45.3 Å². The molecule has 8 nitrogen and oxygen atoms in total. The third-order valence-electron chi connectivity index (χ3n) is 4.78. The SMILES string of the molecule is [2H]C([2H])([2H])C(N[C@H]1CCN(C(=O)Nc2ncc3ccc(-c4nnc(C)s4)cc3n2)C[C@@H]1F)C([2H])([2H])[2H]. The smallest absolute Gasteiger partial charge is 0.321 e. The van der Waals surface area contributed by atoms with E-state index < -0.39 is 38.0 Å². The molecule has 4 rings (SSSR count). The maximum absolute atomic E-state index is 14.9. The van der Waals surface area contributed by atoms with Gasteiger partial charge in [0.1, 0.15) is 16.2 Å². The molecule has 3 aromatic rings. The molecular weight excluding hydrogens is 405 g/mol. The van der Waals surface area contributed by atoms with Crippen molar-refractivity contribution < 1.29 is 17.4 Å². The fourth-order valence-corrected chi connectivity index (χ4v) is 3.98. The number of aromatic nitrogens is 4. The van der Waals surface area contributed by atoms with Crippen LogP contribution in [-0.4, -0.2) is 62.4 Å². The number of hydrogen-bond donors (Lipinski definition) is 2. The topological polar surface area (TPSA) is 95.9 Å². The van der Waals surface area contributed by atoms with Crippen LogP contribution < -0.4 is 10.6 Å². The predicted molar refractivity (Wildman–Crippen MR) is 115 cm³/mol. The van der Waals surface area contributed by atoms with Crippen LogP contribution in [0.5, 0.6) is 0 Å². The Bertz CT molecular complexity index is 1240. The summed E-state index contributed by atoms with van der Waals surface area (Å²) in [6, 6.07) is 2.03. The number of amides is 2. The molecule has 3 heterocycles. The Morgan fingerprint density at radius 2 is 2.27 bits per heavy atom. The molecule has 30 heavy (non-hydrogen) atoms. The number of halogens is 1. The van der Waals surface area contributed by atoms with Crippen molar-refractivity contribution >= 4 is 34.2 Å². The molecular formula is C20H24FN7OS. The van der Waals surface area contributed by atoms with E-state index in [1.165, 1.54) is 16.2 Å². The van der Waals surface area contributed by atoms with E-state index in [0.29, 0.717) is 5.52 Å². The highest BCUT2D eigenvalue weighted by Crippen LogP contribution is 2.26. The molecule has 1 fully saturated rings. The highest BCUT2D eigenvalue weighted by atomic mass is 32.1. The molecule has 10 heteroatoms. The molecule has 2 aromatic heterocycles. The Hall–Kier alpha value is -2.72. The molecule has 0 bridgehead atoms. The van der Waals surface area contributed by atoms with E-state index in [1.807, 2.05) is 25.1 Å². The van der Waals surface area contributed by atoms with E-state index in [1.54, 1.807) is 6.20 Å². The Kier molecular flexibility index (Phi) is 4.09. The van der Waals surface area contributed by atoms with Crippen LogP contribution in [0.2, 0.25) is 0 Å². The van der Waals surface area contributed by atoms with Crippen molar-refractivity contribution in [3.8, 4) is 10.6 Å². The molecule has 0 radical (unpaired) electrons. The van der Waals surface area contributed by atoms with Crippen molar-refractivity contribution in [2.75, 3.05) is 18.4 Å². The number of nitrogens with one attached hydrogen (secondary N) is 2. The van der Waals surface area contributed by atoms with Crippen molar-refractivity contribution in [2.24, 2.45) is 0 Å². The van der Waals surface area contributed by atoms with Gasteiger partial charge in [-0.1, -0.05) is 37.2 Å². The van der Waals surface area contributed by atoms with E-state index in [4.69, 9.17) is 8.22 Å². The summed E-state index contributed by atoms with van der Waals surface area (Å²) >= 11 is 1.44. The van der Waals surface area contributed by atoms with Gasteiger partial charge in [0.2, 0.25) is 5.95 Å². The highest BCUT2D eigenvalue weighted by molar-refractivity contribution is 7.14. The van der Waals surface area contributed by atoms with Gasteiger partial charge in [-0.3, -0.25) is 5.32 Å².